The normalized spacial score (nSPS) is 15.2. The number of hydrogen-bond acceptors (Lipinski definition) is 4. The monoisotopic (exact) mass is 339 g/mol. The second-order valence-electron chi connectivity index (χ2n) is 6.50. The Morgan fingerprint density at radius 1 is 1.28 bits per heavy atom. The van der Waals surface area contributed by atoms with Crippen LogP contribution in [0.2, 0.25) is 0 Å². The van der Waals surface area contributed by atoms with E-state index in [1.54, 1.807) is 6.20 Å². The highest BCUT2D eigenvalue weighted by atomic mass is 16.3. The molecule has 2 heterocycles. The van der Waals surface area contributed by atoms with E-state index in [4.69, 9.17) is 0 Å². The zero-order valence-electron chi connectivity index (χ0n) is 14.8. The number of aromatic hydroxyl groups is 1. The van der Waals surface area contributed by atoms with Gasteiger partial charge in [-0.05, 0) is 38.2 Å². The minimum absolute atomic E-state index is 0.0198. The molecule has 0 radical (unpaired) electrons. The Hall–Kier alpha value is -2.56. The van der Waals surface area contributed by atoms with Gasteiger partial charge in [0.05, 0.1) is 11.9 Å². The molecule has 5 heteroatoms. The molecule has 1 aliphatic rings. The second-order valence-corrected chi connectivity index (χ2v) is 6.50. The van der Waals surface area contributed by atoms with Crippen molar-refractivity contribution in [3.63, 3.8) is 0 Å². The number of nitrogens with zero attached hydrogens (tertiary/aromatic N) is 2. The summed E-state index contributed by atoms with van der Waals surface area (Å²) in [4.78, 5) is 18.4. The summed E-state index contributed by atoms with van der Waals surface area (Å²) < 4.78 is 0. The summed E-state index contributed by atoms with van der Waals surface area (Å²) in [7, 11) is 0. The fraction of sp³-hybridized carbons (Fsp3) is 0.400. The van der Waals surface area contributed by atoms with E-state index in [1.807, 2.05) is 19.9 Å². The molecule has 3 rings (SSSR count). The minimum Gasteiger partial charge on any atom is -0.505 e. The predicted molar refractivity (Wildman–Crippen MR) is 99.3 cm³/mol. The molecule has 0 spiro atoms. The second kappa shape index (κ2) is 7.55. The molecule has 0 atom stereocenters. The lowest BCUT2D eigenvalue weighted by Gasteiger charge is -2.34. The Morgan fingerprint density at radius 2 is 1.96 bits per heavy atom. The summed E-state index contributed by atoms with van der Waals surface area (Å²) in [5, 5.41) is 13.1. The summed E-state index contributed by atoms with van der Waals surface area (Å²) in [6.45, 7) is 6.03. The van der Waals surface area contributed by atoms with Crippen LogP contribution < -0.4 is 10.2 Å². The van der Waals surface area contributed by atoms with Gasteiger partial charge >= 0.3 is 0 Å². The zero-order valence-corrected chi connectivity index (χ0v) is 14.8. The standard InChI is InChI=1S/C20H25N3O2/c1-3-21-20(25)18-19(24)14(2)17(13-22-18)23-11-9-16(10-12-23)15-7-5-4-6-8-15/h4-8,13,16,24H,3,9-12H2,1-2H3,(H,21,25). The molecule has 132 valence electrons. The first-order valence-electron chi connectivity index (χ1n) is 8.88. The SMILES string of the molecule is CCNC(=O)c1ncc(N2CCC(c3ccccc3)CC2)c(C)c1O. The first-order chi connectivity index (χ1) is 12.1. The van der Waals surface area contributed by atoms with Crippen LogP contribution in [0.25, 0.3) is 0 Å². The van der Waals surface area contributed by atoms with Gasteiger partial charge in [-0.25, -0.2) is 4.98 Å². The van der Waals surface area contributed by atoms with E-state index in [-0.39, 0.29) is 17.4 Å². The summed E-state index contributed by atoms with van der Waals surface area (Å²) in [5.74, 6) is 0.222. The Morgan fingerprint density at radius 3 is 2.60 bits per heavy atom. The molecule has 1 saturated heterocycles. The lowest BCUT2D eigenvalue weighted by molar-refractivity contribution is 0.0948. The smallest absolute Gasteiger partial charge is 0.273 e. The number of benzene rings is 1. The van der Waals surface area contributed by atoms with E-state index in [0.717, 1.165) is 37.2 Å². The molecule has 1 amide bonds. The number of piperidine rings is 1. The average molecular weight is 339 g/mol. The third-order valence-corrected chi connectivity index (χ3v) is 4.94. The van der Waals surface area contributed by atoms with Crippen molar-refractivity contribution < 1.29 is 9.90 Å². The van der Waals surface area contributed by atoms with Crippen molar-refractivity contribution in [1.29, 1.82) is 0 Å². The molecular formula is C20H25N3O2. The highest BCUT2D eigenvalue weighted by Crippen LogP contribution is 2.34. The first-order valence-corrected chi connectivity index (χ1v) is 8.88. The molecular weight excluding hydrogens is 314 g/mol. The van der Waals surface area contributed by atoms with Gasteiger partial charge < -0.3 is 15.3 Å². The van der Waals surface area contributed by atoms with Crippen molar-refractivity contribution in [2.45, 2.75) is 32.6 Å². The molecule has 5 nitrogen and oxygen atoms in total. The molecule has 2 aromatic rings. The van der Waals surface area contributed by atoms with Gasteiger partial charge in [-0.15, -0.1) is 0 Å². The Bertz CT molecular complexity index is 738. The summed E-state index contributed by atoms with van der Waals surface area (Å²) in [6.07, 6.45) is 3.85. The minimum atomic E-state index is -0.336. The summed E-state index contributed by atoms with van der Waals surface area (Å²) in [5.41, 5.74) is 3.13. The van der Waals surface area contributed by atoms with Gasteiger partial charge in [0.25, 0.3) is 5.91 Å². The summed E-state index contributed by atoms with van der Waals surface area (Å²) in [6, 6.07) is 10.6. The van der Waals surface area contributed by atoms with Crippen molar-refractivity contribution in [1.82, 2.24) is 10.3 Å². The van der Waals surface area contributed by atoms with Gasteiger partial charge in [0, 0.05) is 25.2 Å². The van der Waals surface area contributed by atoms with Crippen LogP contribution in [-0.2, 0) is 0 Å². The molecule has 1 fully saturated rings. The van der Waals surface area contributed by atoms with E-state index < -0.39 is 0 Å². The number of nitrogens with one attached hydrogen (secondary N) is 1. The van der Waals surface area contributed by atoms with Crippen molar-refractivity contribution in [2.75, 3.05) is 24.5 Å². The maximum absolute atomic E-state index is 12.0. The third kappa shape index (κ3) is 3.60. The molecule has 0 aliphatic carbocycles. The number of pyridine rings is 1. The van der Waals surface area contributed by atoms with Gasteiger partial charge in [0.2, 0.25) is 0 Å². The molecule has 0 saturated carbocycles. The molecule has 0 bridgehead atoms. The maximum Gasteiger partial charge on any atom is 0.273 e. The van der Waals surface area contributed by atoms with Crippen LogP contribution in [0.5, 0.6) is 5.75 Å². The number of rotatable bonds is 4. The topological polar surface area (TPSA) is 65.5 Å². The molecule has 1 aromatic heterocycles. The lowest BCUT2D eigenvalue weighted by Crippen LogP contribution is -2.33. The largest absolute Gasteiger partial charge is 0.505 e. The average Bonchev–Trinajstić information content (AvgIpc) is 2.65. The van der Waals surface area contributed by atoms with Crippen LogP contribution >= 0.6 is 0 Å². The van der Waals surface area contributed by atoms with Crippen LogP contribution in [-0.4, -0.2) is 35.6 Å². The van der Waals surface area contributed by atoms with Crippen LogP contribution in [0.4, 0.5) is 5.69 Å². The fourth-order valence-electron chi connectivity index (χ4n) is 3.49. The van der Waals surface area contributed by atoms with Gasteiger partial charge in [0.15, 0.2) is 11.4 Å². The van der Waals surface area contributed by atoms with E-state index >= 15 is 0 Å². The number of hydrogen-bond donors (Lipinski definition) is 2. The molecule has 25 heavy (non-hydrogen) atoms. The van der Waals surface area contributed by atoms with Crippen molar-refractivity contribution in [3.05, 3.63) is 53.3 Å². The fourth-order valence-corrected chi connectivity index (χ4v) is 3.49. The van der Waals surface area contributed by atoms with E-state index in [0.29, 0.717) is 12.5 Å². The number of anilines is 1. The van der Waals surface area contributed by atoms with Crippen LogP contribution in [0, 0.1) is 6.92 Å². The van der Waals surface area contributed by atoms with E-state index in [2.05, 4.69) is 39.5 Å². The van der Waals surface area contributed by atoms with E-state index in [9.17, 15) is 9.90 Å². The van der Waals surface area contributed by atoms with E-state index in [1.165, 1.54) is 5.56 Å². The van der Waals surface area contributed by atoms with Gasteiger partial charge in [0.1, 0.15) is 0 Å². The Labute approximate surface area is 148 Å². The summed E-state index contributed by atoms with van der Waals surface area (Å²) >= 11 is 0. The predicted octanol–water partition coefficient (Wildman–Crippen LogP) is 3.23. The van der Waals surface area contributed by atoms with Crippen LogP contribution in [0.15, 0.2) is 36.5 Å². The molecule has 0 unspecified atom stereocenters. The van der Waals surface area contributed by atoms with Crippen LogP contribution in [0.1, 0.15) is 47.3 Å². The first kappa shape index (κ1) is 17.3. The van der Waals surface area contributed by atoms with Crippen LogP contribution in [0.3, 0.4) is 0 Å². The quantitative estimate of drug-likeness (QED) is 0.897. The molecule has 1 aromatic carbocycles. The lowest BCUT2D eigenvalue weighted by atomic mass is 9.89. The maximum atomic E-state index is 12.0. The Balaban J connectivity index is 1.73. The van der Waals surface area contributed by atoms with Gasteiger partial charge in [-0.2, -0.15) is 0 Å². The molecule has 2 N–H and O–H groups in total. The molecule has 1 aliphatic heterocycles. The van der Waals surface area contributed by atoms with Crippen molar-refractivity contribution >= 4 is 11.6 Å². The Kier molecular flexibility index (Phi) is 5.22. The number of amides is 1. The van der Waals surface area contributed by atoms with Gasteiger partial charge in [-0.3, -0.25) is 4.79 Å². The highest BCUT2D eigenvalue weighted by molar-refractivity contribution is 5.95. The third-order valence-electron chi connectivity index (χ3n) is 4.94. The van der Waals surface area contributed by atoms with Crippen molar-refractivity contribution in [2.24, 2.45) is 0 Å². The zero-order chi connectivity index (χ0) is 17.8. The number of carbonyl (C=O) groups is 1. The highest BCUT2D eigenvalue weighted by Gasteiger charge is 2.24. The van der Waals surface area contributed by atoms with Gasteiger partial charge in [-0.1, -0.05) is 30.3 Å². The van der Waals surface area contributed by atoms with Crippen molar-refractivity contribution in [3.8, 4) is 5.75 Å². The number of carbonyl (C=O) groups excluding carboxylic acids is 1. The number of aromatic nitrogens is 1.